The number of nitrogen functional groups attached to an aromatic ring is 1. The zero-order chi connectivity index (χ0) is 23.4. The number of halogens is 1. The number of rotatable bonds is 8. The molecule has 8 nitrogen and oxygen atoms in total. The number of aromatic nitrogens is 3. The molecule has 174 valence electrons. The van der Waals surface area contributed by atoms with Gasteiger partial charge < -0.3 is 15.7 Å². The minimum absolute atomic E-state index is 0.330. The number of hydrogen-bond acceptors (Lipinski definition) is 6. The number of aromatic amines is 1. The Hall–Kier alpha value is -3.10. The molecule has 1 aliphatic rings. The van der Waals surface area contributed by atoms with Gasteiger partial charge in [-0.3, -0.25) is 4.90 Å². The third-order valence-corrected chi connectivity index (χ3v) is 6.51. The van der Waals surface area contributed by atoms with E-state index in [9.17, 15) is 9.90 Å². The number of nitrogens with zero attached hydrogens (tertiary/aromatic N) is 4. The number of H-pyrrole nitrogens is 1. The number of anilines is 2. The molecule has 0 saturated carbocycles. The topological polar surface area (TPSA) is 111 Å². The lowest BCUT2D eigenvalue weighted by Gasteiger charge is -2.38. The van der Waals surface area contributed by atoms with Gasteiger partial charge in [-0.05, 0) is 61.1 Å². The van der Waals surface area contributed by atoms with Gasteiger partial charge in [-0.2, -0.15) is 4.98 Å². The van der Waals surface area contributed by atoms with Crippen LogP contribution in [-0.4, -0.2) is 56.8 Å². The Balaban J connectivity index is 1.46. The SMILES string of the molecule is Cc1cc(CN(CCc2ccc(Cl)cc2)C2CCN(c3n[nH]c(N)n3)CC2)ccc1C(=O)O. The summed E-state index contributed by atoms with van der Waals surface area (Å²) in [6.45, 7) is 5.24. The second-order valence-electron chi connectivity index (χ2n) is 8.54. The molecule has 33 heavy (non-hydrogen) atoms. The van der Waals surface area contributed by atoms with Crippen LogP contribution >= 0.6 is 11.6 Å². The quantitative estimate of drug-likeness (QED) is 0.461. The Kier molecular flexibility index (Phi) is 7.15. The van der Waals surface area contributed by atoms with E-state index in [-0.39, 0.29) is 0 Å². The summed E-state index contributed by atoms with van der Waals surface area (Å²) in [5.41, 5.74) is 9.19. The lowest BCUT2D eigenvalue weighted by Crippen LogP contribution is -2.45. The molecule has 4 N–H and O–H groups in total. The number of nitrogens with one attached hydrogen (secondary N) is 1. The minimum Gasteiger partial charge on any atom is -0.478 e. The van der Waals surface area contributed by atoms with E-state index in [1.807, 2.05) is 31.2 Å². The first-order chi connectivity index (χ1) is 15.9. The molecule has 0 bridgehead atoms. The summed E-state index contributed by atoms with van der Waals surface area (Å²) in [5, 5.41) is 17.0. The van der Waals surface area contributed by atoms with Crippen LogP contribution < -0.4 is 10.6 Å². The van der Waals surface area contributed by atoms with Crippen molar-refractivity contribution < 1.29 is 9.90 Å². The Morgan fingerprint density at radius 1 is 1.21 bits per heavy atom. The second-order valence-corrected chi connectivity index (χ2v) is 8.98. The molecule has 9 heteroatoms. The molecule has 0 unspecified atom stereocenters. The van der Waals surface area contributed by atoms with E-state index in [1.165, 1.54) is 5.56 Å². The number of carboxylic acids is 1. The molecular formula is C24H29ClN6O2. The highest BCUT2D eigenvalue weighted by molar-refractivity contribution is 6.30. The van der Waals surface area contributed by atoms with E-state index in [1.54, 1.807) is 6.07 Å². The zero-order valence-electron chi connectivity index (χ0n) is 18.7. The molecule has 3 aromatic rings. The van der Waals surface area contributed by atoms with Crippen LogP contribution in [0.15, 0.2) is 42.5 Å². The molecule has 0 aliphatic carbocycles. The first-order valence-corrected chi connectivity index (χ1v) is 11.5. The lowest BCUT2D eigenvalue weighted by atomic mass is 10.00. The predicted octanol–water partition coefficient (Wildman–Crippen LogP) is 3.76. The highest BCUT2D eigenvalue weighted by atomic mass is 35.5. The van der Waals surface area contributed by atoms with E-state index >= 15 is 0 Å². The highest BCUT2D eigenvalue weighted by Crippen LogP contribution is 2.23. The maximum atomic E-state index is 11.4. The summed E-state index contributed by atoms with van der Waals surface area (Å²) in [6.07, 6.45) is 2.89. The highest BCUT2D eigenvalue weighted by Gasteiger charge is 2.26. The molecule has 2 heterocycles. The van der Waals surface area contributed by atoms with Crippen molar-refractivity contribution >= 4 is 29.5 Å². The standard InChI is InChI=1S/C24H29ClN6O2/c1-16-14-18(4-7-21(16)22(32)33)15-31(11-8-17-2-5-19(25)6-3-17)20-9-12-30(13-10-20)24-27-23(26)28-29-24/h2-7,14,20H,8-13,15H2,1H3,(H,32,33)(H3,26,27,28,29). The normalized spacial score (nSPS) is 14.7. The van der Waals surface area contributed by atoms with Crippen LogP contribution in [0.1, 0.15) is 39.9 Å². The van der Waals surface area contributed by atoms with Crippen molar-refractivity contribution in [1.29, 1.82) is 0 Å². The van der Waals surface area contributed by atoms with Crippen molar-refractivity contribution in [2.75, 3.05) is 30.3 Å². The van der Waals surface area contributed by atoms with Gasteiger partial charge >= 0.3 is 5.97 Å². The smallest absolute Gasteiger partial charge is 0.335 e. The van der Waals surface area contributed by atoms with Crippen LogP contribution in [0.25, 0.3) is 0 Å². The molecule has 1 fully saturated rings. The van der Waals surface area contributed by atoms with E-state index in [0.717, 1.165) is 61.6 Å². The molecule has 4 rings (SSSR count). The van der Waals surface area contributed by atoms with Gasteiger partial charge in [0.2, 0.25) is 11.9 Å². The summed E-state index contributed by atoms with van der Waals surface area (Å²) in [4.78, 5) is 20.3. The largest absolute Gasteiger partial charge is 0.478 e. The number of nitrogens with two attached hydrogens (primary N) is 1. The van der Waals surface area contributed by atoms with Gasteiger partial charge in [0.05, 0.1) is 5.56 Å². The lowest BCUT2D eigenvalue weighted by molar-refractivity contribution is 0.0696. The fraction of sp³-hybridized carbons (Fsp3) is 0.375. The molecule has 0 amide bonds. The molecular weight excluding hydrogens is 440 g/mol. The van der Waals surface area contributed by atoms with Crippen LogP contribution in [0.4, 0.5) is 11.9 Å². The van der Waals surface area contributed by atoms with Crippen LogP contribution in [0.5, 0.6) is 0 Å². The number of benzene rings is 2. The fourth-order valence-corrected chi connectivity index (χ4v) is 4.58. The summed E-state index contributed by atoms with van der Waals surface area (Å²) >= 11 is 6.04. The summed E-state index contributed by atoms with van der Waals surface area (Å²) in [6, 6.07) is 14.0. The van der Waals surface area contributed by atoms with Gasteiger partial charge in [-0.15, -0.1) is 5.10 Å². The minimum atomic E-state index is -0.890. The molecule has 0 atom stereocenters. The van der Waals surface area contributed by atoms with Gasteiger partial charge in [0.1, 0.15) is 0 Å². The van der Waals surface area contributed by atoms with E-state index in [4.69, 9.17) is 17.3 Å². The maximum absolute atomic E-state index is 11.4. The van der Waals surface area contributed by atoms with Crippen molar-refractivity contribution in [3.8, 4) is 0 Å². The monoisotopic (exact) mass is 468 g/mol. The third kappa shape index (κ3) is 5.83. The van der Waals surface area contributed by atoms with E-state index in [2.05, 4.69) is 37.1 Å². The first-order valence-electron chi connectivity index (χ1n) is 11.1. The average molecular weight is 469 g/mol. The average Bonchev–Trinajstić information content (AvgIpc) is 3.24. The van der Waals surface area contributed by atoms with Crippen molar-refractivity contribution in [3.05, 3.63) is 69.7 Å². The summed E-state index contributed by atoms with van der Waals surface area (Å²) < 4.78 is 0. The second kappa shape index (κ2) is 10.2. The van der Waals surface area contributed by atoms with Crippen molar-refractivity contribution in [2.24, 2.45) is 0 Å². The number of carbonyl (C=O) groups is 1. The number of piperidine rings is 1. The number of hydrogen-bond donors (Lipinski definition) is 3. The van der Waals surface area contributed by atoms with Crippen LogP contribution in [0, 0.1) is 6.92 Å². The zero-order valence-corrected chi connectivity index (χ0v) is 19.4. The third-order valence-electron chi connectivity index (χ3n) is 6.26. The molecule has 0 radical (unpaired) electrons. The number of carboxylic acid groups (broad SMARTS) is 1. The maximum Gasteiger partial charge on any atom is 0.335 e. The van der Waals surface area contributed by atoms with Crippen molar-refractivity contribution in [3.63, 3.8) is 0 Å². The number of aryl methyl sites for hydroxylation is 1. The Labute approximate surface area is 198 Å². The molecule has 2 aromatic carbocycles. The molecule has 1 aliphatic heterocycles. The first kappa shape index (κ1) is 23.1. The van der Waals surface area contributed by atoms with Gasteiger partial charge in [0.15, 0.2) is 0 Å². The van der Waals surface area contributed by atoms with Crippen LogP contribution in [0.2, 0.25) is 5.02 Å². The molecule has 0 spiro atoms. The predicted molar refractivity (Wildman–Crippen MR) is 130 cm³/mol. The fourth-order valence-electron chi connectivity index (χ4n) is 4.45. The summed E-state index contributed by atoms with van der Waals surface area (Å²) in [7, 11) is 0. The van der Waals surface area contributed by atoms with Crippen LogP contribution in [0.3, 0.4) is 0 Å². The van der Waals surface area contributed by atoms with Gasteiger partial charge in [0.25, 0.3) is 0 Å². The van der Waals surface area contributed by atoms with Gasteiger partial charge in [0, 0.05) is 37.2 Å². The number of aromatic carboxylic acids is 1. The Morgan fingerprint density at radius 2 is 1.91 bits per heavy atom. The molecule has 1 saturated heterocycles. The van der Waals surface area contributed by atoms with Crippen molar-refractivity contribution in [2.45, 2.75) is 38.8 Å². The Morgan fingerprint density at radius 3 is 2.52 bits per heavy atom. The van der Waals surface area contributed by atoms with Gasteiger partial charge in [-0.1, -0.05) is 35.9 Å². The van der Waals surface area contributed by atoms with Crippen molar-refractivity contribution in [1.82, 2.24) is 20.1 Å². The van der Waals surface area contributed by atoms with E-state index in [0.29, 0.717) is 23.5 Å². The van der Waals surface area contributed by atoms with Crippen LogP contribution in [-0.2, 0) is 13.0 Å². The van der Waals surface area contributed by atoms with E-state index < -0.39 is 5.97 Å². The van der Waals surface area contributed by atoms with Gasteiger partial charge in [-0.25, -0.2) is 9.89 Å². The summed E-state index contributed by atoms with van der Waals surface area (Å²) in [5.74, 6) is 0.0917. The molecule has 1 aromatic heterocycles. The Bertz CT molecular complexity index is 1090.